The average molecular weight is 344 g/mol. The average Bonchev–Trinajstić information content (AvgIpc) is 3.08. The van der Waals surface area contributed by atoms with Crippen molar-refractivity contribution in [1.82, 2.24) is 20.0 Å². The fraction of sp³-hybridized carbons (Fsp3) is 0.556. The number of aryl methyl sites for hydroxylation is 2. The molecule has 1 aliphatic rings. The molecule has 1 fully saturated rings. The molecule has 7 nitrogen and oxygen atoms in total. The van der Waals surface area contributed by atoms with Gasteiger partial charge in [0.25, 0.3) is 11.5 Å². The van der Waals surface area contributed by atoms with E-state index in [1.54, 1.807) is 11.0 Å². The van der Waals surface area contributed by atoms with Gasteiger partial charge in [0.2, 0.25) is 5.89 Å². The third-order valence-corrected chi connectivity index (χ3v) is 4.76. The maximum absolute atomic E-state index is 12.8. The molecule has 0 aromatic carbocycles. The first kappa shape index (κ1) is 17.4. The quantitative estimate of drug-likeness (QED) is 0.923. The van der Waals surface area contributed by atoms with E-state index < -0.39 is 0 Å². The Balaban J connectivity index is 1.80. The van der Waals surface area contributed by atoms with Crippen LogP contribution < -0.4 is 5.56 Å². The molecule has 1 aliphatic heterocycles. The van der Waals surface area contributed by atoms with Gasteiger partial charge in [0.1, 0.15) is 5.56 Å². The molecule has 0 bridgehead atoms. The minimum absolute atomic E-state index is 0.0170. The number of nitrogens with one attached hydrogen (secondary N) is 1. The molecule has 0 spiro atoms. The number of carbonyl (C=O) groups is 1. The predicted molar refractivity (Wildman–Crippen MR) is 92.8 cm³/mol. The molecule has 3 heterocycles. The van der Waals surface area contributed by atoms with Crippen molar-refractivity contribution in [3.8, 4) is 0 Å². The molecule has 2 aromatic heterocycles. The number of hydrogen-bond donors (Lipinski definition) is 1. The number of rotatable bonds is 3. The standard InChI is InChI=1S/C18H24N4O3/c1-10(2)15-20-17(25-21-15)13-6-5-7-22(9-13)18(24)14-8-11(3)12(4)19-16(14)23/h8,10,13H,5-7,9H2,1-4H3,(H,19,23)/t13-/m1/s1. The molecular weight excluding hydrogens is 320 g/mol. The van der Waals surface area contributed by atoms with Gasteiger partial charge in [-0.05, 0) is 38.3 Å². The van der Waals surface area contributed by atoms with Gasteiger partial charge in [0, 0.05) is 24.7 Å². The van der Waals surface area contributed by atoms with Crippen LogP contribution in [0.4, 0.5) is 0 Å². The minimum Gasteiger partial charge on any atom is -0.339 e. The van der Waals surface area contributed by atoms with E-state index in [0.29, 0.717) is 24.8 Å². The Morgan fingerprint density at radius 1 is 1.40 bits per heavy atom. The van der Waals surface area contributed by atoms with Crippen molar-refractivity contribution in [2.75, 3.05) is 13.1 Å². The van der Waals surface area contributed by atoms with Gasteiger partial charge >= 0.3 is 0 Å². The Bertz CT molecular complexity index is 837. The summed E-state index contributed by atoms with van der Waals surface area (Å²) in [6.07, 6.45) is 1.74. The number of aromatic amines is 1. The summed E-state index contributed by atoms with van der Waals surface area (Å²) in [6, 6.07) is 1.67. The van der Waals surface area contributed by atoms with Crippen molar-refractivity contribution in [1.29, 1.82) is 0 Å². The summed E-state index contributed by atoms with van der Waals surface area (Å²) in [5.41, 5.74) is 1.53. The van der Waals surface area contributed by atoms with Gasteiger partial charge in [-0.3, -0.25) is 9.59 Å². The van der Waals surface area contributed by atoms with E-state index >= 15 is 0 Å². The molecule has 134 valence electrons. The van der Waals surface area contributed by atoms with E-state index in [4.69, 9.17) is 4.52 Å². The fourth-order valence-electron chi connectivity index (χ4n) is 3.07. The number of H-pyrrole nitrogens is 1. The summed E-state index contributed by atoms with van der Waals surface area (Å²) in [6.45, 7) is 8.85. The molecule has 3 rings (SSSR count). The molecule has 1 saturated heterocycles. The first-order valence-corrected chi connectivity index (χ1v) is 8.70. The number of aromatic nitrogens is 3. The predicted octanol–water partition coefficient (Wildman–Crippen LogP) is 2.52. The lowest BCUT2D eigenvalue weighted by Crippen LogP contribution is -2.41. The molecule has 0 unspecified atom stereocenters. The summed E-state index contributed by atoms with van der Waals surface area (Å²) in [5.74, 6) is 1.24. The highest BCUT2D eigenvalue weighted by molar-refractivity contribution is 5.94. The zero-order chi connectivity index (χ0) is 18.1. The number of nitrogens with zero attached hydrogens (tertiary/aromatic N) is 3. The first-order valence-electron chi connectivity index (χ1n) is 8.70. The zero-order valence-corrected chi connectivity index (χ0v) is 15.1. The van der Waals surface area contributed by atoms with Gasteiger partial charge < -0.3 is 14.4 Å². The van der Waals surface area contributed by atoms with Crippen LogP contribution in [0.2, 0.25) is 0 Å². The topological polar surface area (TPSA) is 92.1 Å². The van der Waals surface area contributed by atoms with Crippen LogP contribution in [0.5, 0.6) is 0 Å². The monoisotopic (exact) mass is 344 g/mol. The van der Waals surface area contributed by atoms with Crippen molar-refractivity contribution in [3.63, 3.8) is 0 Å². The Morgan fingerprint density at radius 3 is 2.84 bits per heavy atom. The van der Waals surface area contributed by atoms with Gasteiger partial charge in [0.15, 0.2) is 5.82 Å². The Morgan fingerprint density at radius 2 is 2.16 bits per heavy atom. The maximum atomic E-state index is 12.8. The minimum atomic E-state index is -0.338. The molecule has 1 N–H and O–H groups in total. The van der Waals surface area contributed by atoms with E-state index in [0.717, 1.165) is 24.1 Å². The molecule has 1 atom stereocenters. The zero-order valence-electron chi connectivity index (χ0n) is 15.1. The maximum Gasteiger partial charge on any atom is 0.261 e. The highest BCUT2D eigenvalue weighted by Gasteiger charge is 2.30. The van der Waals surface area contributed by atoms with Crippen LogP contribution in [-0.4, -0.2) is 39.0 Å². The van der Waals surface area contributed by atoms with E-state index in [-0.39, 0.29) is 28.9 Å². The number of piperidine rings is 1. The summed E-state index contributed by atoms with van der Waals surface area (Å²) in [5, 5.41) is 4.01. The third kappa shape index (κ3) is 3.50. The second-order valence-electron chi connectivity index (χ2n) is 7.06. The molecule has 7 heteroatoms. The second-order valence-corrected chi connectivity index (χ2v) is 7.06. The fourth-order valence-corrected chi connectivity index (χ4v) is 3.07. The van der Waals surface area contributed by atoms with Crippen molar-refractivity contribution in [3.05, 3.63) is 45.0 Å². The van der Waals surface area contributed by atoms with Gasteiger partial charge in [0.05, 0.1) is 5.92 Å². The highest BCUT2D eigenvalue weighted by Crippen LogP contribution is 2.27. The van der Waals surface area contributed by atoms with E-state index in [1.807, 2.05) is 27.7 Å². The van der Waals surface area contributed by atoms with Crippen molar-refractivity contribution in [2.45, 2.75) is 52.4 Å². The second kappa shape index (κ2) is 6.82. The summed E-state index contributed by atoms with van der Waals surface area (Å²) in [7, 11) is 0. The lowest BCUT2D eigenvalue weighted by Gasteiger charge is -2.31. The van der Waals surface area contributed by atoms with Gasteiger partial charge in [-0.25, -0.2) is 0 Å². The third-order valence-electron chi connectivity index (χ3n) is 4.76. The number of pyridine rings is 1. The molecule has 0 saturated carbocycles. The molecule has 1 amide bonds. The molecule has 0 aliphatic carbocycles. The summed E-state index contributed by atoms with van der Waals surface area (Å²) < 4.78 is 5.39. The normalized spacial score (nSPS) is 18.0. The Kier molecular flexibility index (Phi) is 4.74. The van der Waals surface area contributed by atoms with Gasteiger partial charge in [-0.15, -0.1) is 0 Å². The lowest BCUT2D eigenvalue weighted by atomic mass is 9.97. The SMILES string of the molecule is Cc1cc(C(=O)N2CCC[C@@H](c3nc(C(C)C)no3)C2)c(=O)[nH]c1C. The molecule has 25 heavy (non-hydrogen) atoms. The van der Waals surface area contributed by atoms with Crippen LogP contribution in [0.1, 0.15) is 71.9 Å². The first-order chi connectivity index (χ1) is 11.9. The highest BCUT2D eigenvalue weighted by atomic mass is 16.5. The smallest absolute Gasteiger partial charge is 0.261 e. The van der Waals surface area contributed by atoms with E-state index in [1.165, 1.54) is 0 Å². The Labute approximate surface area is 146 Å². The van der Waals surface area contributed by atoms with Crippen LogP contribution >= 0.6 is 0 Å². The van der Waals surface area contributed by atoms with Crippen molar-refractivity contribution < 1.29 is 9.32 Å². The van der Waals surface area contributed by atoms with E-state index in [2.05, 4.69) is 15.1 Å². The van der Waals surface area contributed by atoms with Crippen LogP contribution in [-0.2, 0) is 0 Å². The van der Waals surface area contributed by atoms with Crippen LogP contribution in [0, 0.1) is 13.8 Å². The van der Waals surface area contributed by atoms with E-state index in [9.17, 15) is 9.59 Å². The van der Waals surface area contributed by atoms with Gasteiger partial charge in [-0.2, -0.15) is 4.98 Å². The molecule has 2 aromatic rings. The number of amides is 1. The van der Waals surface area contributed by atoms with Gasteiger partial charge in [-0.1, -0.05) is 19.0 Å². The summed E-state index contributed by atoms with van der Waals surface area (Å²) in [4.78, 5) is 33.9. The van der Waals surface area contributed by atoms with Crippen molar-refractivity contribution >= 4 is 5.91 Å². The largest absolute Gasteiger partial charge is 0.339 e. The molecule has 0 radical (unpaired) electrons. The lowest BCUT2D eigenvalue weighted by molar-refractivity contribution is 0.0693. The molecular formula is C18H24N4O3. The Hall–Kier alpha value is -2.44. The van der Waals surface area contributed by atoms with Crippen molar-refractivity contribution in [2.24, 2.45) is 0 Å². The van der Waals surface area contributed by atoms with Crippen LogP contribution in [0.25, 0.3) is 0 Å². The van der Waals surface area contributed by atoms with Crippen LogP contribution in [0.3, 0.4) is 0 Å². The number of carbonyl (C=O) groups excluding carboxylic acids is 1. The summed E-state index contributed by atoms with van der Waals surface area (Å²) >= 11 is 0. The number of likely N-dealkylation sites (tertiary alicyclic amines) is 1. The number of hydrogen-bond acceptors (Lipinski definition) is 5. The van der Waals surface area contributed by atoms with Crippen LogP contribution in [0.15, 0.2) is 15.4 Å².